The molecule has 3 nitrogen and oxygen atoms in total. The van der Waals surface area contributed by atoms with Crippen molar-refractivity contribution in [3.8, 4) is 0 Å². The highest BCUT2D eigenvalue weighted by Crippen LogP contribution is 2.37. The van der Waals surface area contributed by atoms with Crippen molar-refractivity contribution in [2.24, 2.45) is 0 Å². The Kier molecular flexibility index (Phi) is 3.90. The maximum atomic E-state index is 12.1. The molecule has 1 N–H and O–H groups in total. The number of hydrogen-bond donors (Lipinski definition) is 1. The van der Waals surface area contributed by atoms with Crippen LogP contribution in [-0.4, -0.2) is 54.1 Å². The summed E-state index contributed by atoms with van der Waals surface area (Å²) in [7, 11) is 1.99. The molecule has 6 heteroatoms. The fourth-order valence-electron chi connectivity index (χ4n) is 3.06. The van der Waals surface area contributed by atoms with Crippen molar-refractivity contribution in [3.63, 3.8) is 0 Å². The fourth-order valence-corrected chi connectivity index (χ4v) is 3.06. The molecule has 2 aliphatic rings. The highest BCUT2D eigenvalue weighted by molar-refractivity contribution is 4.98. The van der Waals surface area contributed by atoms with Crippen LogP contribution in [0, 0.1) is 0 Å². The molecule has 2 bridgehead atoms. The largest absolute Gasteiger partial charge is 0.390 e. The fraction of sp³-hybridized carbons (Fsp3) is 1.00. The number of ether oxygens (including phenoxy) is 1. The molecule has 0 aromatic rings. The van der Waals surface area contributed by atoms with Crippen LogP contribution >= 0.6 is 0 Å². The number of likely N-dealkylation sites (N-methyl/N-ethyl adjacent to an activating group) is 1. The Labute approximate surface area is 105 Å². The van der Waals surface area contributed by atoms with Crippen LogP contribution < -0.4 is 0 Å². The highest BCUT2D eigenvalue weighted by atomic mass is 19.4. The zero-order valence-corrected chi connectivity index (χ0v) is 10.5. The monoisotopic (exact) mass is 267 g/mol. The summed E-state index contributed by atoms with van der Waals surface area (Å²) in [5.74, 6) is 0. The summed E-state index contributed by atoms with van der Waals surface area (Å²) in [4.78, 5) is 2.18. The third-order valence-electron chi connectivity index (χ3n) is 4.11. The average molecular weight is 267 g/mol. The van der Waals surface area contributed by atoms with E-state index in [1.807, 2.05) is 7.05 Å². The number of morpholine rings is 1. The Bertz CT molecular complexity index is 282. The zero-order valence-electron chi connectivity index (χ0n) is 10.5. The van der Waals surface area contributed by atoms with Crippen molar-refractivity contribution in [1.29, 1.82) is 0 Å². The van der Waals surface area contributed by atoms with Gasteiger partial charge in [-0.3, -0.25) is 4.90 Å². The van der Waals surface area contributed by atoms with E-state index in [-0.39, 0.29) is 24.9 Å². The van der Waals surface area contributed by atoms with Gasteiger partial charge in [0.2, 0.25) is 0 Å². The maximum absolute atomic E-state index is 12.1. The molecule has 2 heterocycles. The van der Waals surface area contributed by atoms with E-state index in [2.05, 4.69) is 4.90 Å². The number of hydrogen-bond acceptors (Lipinski definition) is 3. The molecule has 0 saturated carbocycles. The van der Waals surface area contributed by atoms with Gasteiger partial charge in [-0.05, 0) is 32.7 Å². The summed E-state index contributed by atoms with van der Waals surface area (Å²) in [6.07, 6.45) is -3.68. The summed E-state index contributed by atoms with van der Waals surface area (Å²) in [5, 5.41) is 10.4. The Hall–Kier alpha value is -0.330. The zero-order chi connectivity index (χ0) is 13.4. The van der Waals surface area contributed by atoms with Crippen LogP contribution in [0.15, 0.2) is 0 Å². The molecule has 2 aliphatic heterocycles. The van der Waals surface area contributed by atoms with Crippen molar-refractivity contribution in [1.82, 2.24) is 4.90 Å². The van der Waals surface area contributed by atoms with Crippen molar-refractivity contribution in [2.75, 3.05) is 20.3 Å². The highest BCUT2D eigenvalue weighted by Gasteiger charge is 2.44. The number of aliphatic hydroxyl groups is 1. The number of halogens is 3. The second-order valence-corrected chi connectivity index (χ2v) is 5.61. The molecule has 2 atom stereocenters. The predicted molar refractivity (Wildman–Crippen MR) is 60.2 cm³/mol. The predicted octanol–water partition coefficient (Wildman–Crippen LogP) is 1.94. The van der Waals surface area contributed by atoms with Gasteiger partial charge in [-0.15, -0.1) is 0 Å². The van der Waals surface area contributed by atoms with Crippen LogP contribution in [0.25, 0.3) is 0 Å². The molecule has 0 radical (unpaired) electrons. The minimum atomic E-state index is -4.12. The second kappa shape index (κ2) is 4.98. The second-order valence-electron chi connectivity index (χ2n) is 5.61. The Balaban J connectivity index is 1.88. The lowest BCUT2D eigenvalue weighted by molar-refractivity contribution is -0.151. The van der Waals surface area contributed by atoms with Gasteiger partial charge in [0, 0.05) is 18.5 Å². The smallest absolute Gasteiger partial charge is 0.389 e. The minimum Gasteiger partial charge on any atom is -0.390 e. The van der Waals surface area contributed by atoms with Crippen LogP contribution in [-0.2, 0) is 4.74 Å². The third-order valence-corrected chi connectivity index (χ3v) is 4.11. The Morgan fingerprint density at radius 2 is 1.83 bits per heavy atom. The maximum Gasteiger partial charge on any atom is 0.389 e. The van der Waals surface area contributed by atoms with Crippen LogP contribution in [0.5, 0.6) is 0 Å². The van der Waals surface area contributed by atoms with E-state index in [0.29, 0.717) is 26.1 Å². The summed E-state index contributed by atoms with van der Waals surface area (Å²) >= 11 is 0. The summed E-state index contributed by atoms with van der Waals surface area (Å²) in [6.45, 7) is 1.13. The van der Waals surface area contributed by atoms with E-state index >= 15 is 0 Å². The van der Waals surface area contributed by atoms with Crippen LogP contribution in [0.4, 0.5) is 13.2 Å². The van der Waals surface area contributed by atoms with Gasteiger partial charge in [0.05, 0.1) is 18.8 Å². The van der Waals surface area contributed by atoms with E-state index < -0.39 is 18.2 Å². The topological polar surface area (TPSA) is 32.7 Å². The molecule has 0 aromatic carbocycles. The van der Waals surface area contributed by atoms with Crippen LogP contribution in [0.1, 0.15) is 32.1 Å². The van der Waals surface area contributed by atoms with E-state index in [9.17, 15) is 18.3 Å². The summed E-state index contributed by atoms with van der Waals surface area (Å²) < 4.78 is 41.8. The molecule has 2 rings (SSSR count). The van der Waals surface area contributed by atoms with Crippen molar-refractivity contribution in [2.45, 2.75) is 56.0 Å². The molecule has 2 unspecified atom stereocenters. The standard InChI is InChI=1S/C12H20F3NO2/c1-16-9-5-11(17,3-2-4-12(13,14)15)6-10(16)8-18-7-9/h9-10,17H,2-8H2,1H3. The molecule has 0 aromatic heterocycles. The van der Waals surface area contributed by atoms with Gasteiger partial charge in [0.15, 0.2) is 0 Å². The Morgan fingerprint density at radius 1 is 1.28 bits per heavy atom. The normalized spacial score (nSPS) is 37.8. The number of fused-ring (bicyclic) bond motifs is 2. The van der Waals surface area contributed by atoms with Gasteiger partial charge in [0.25, 0.3) is 0 Å². The van der Waals surface area contributed by atoms with E-state index in [1.54, 1.807) is 0 Å². The number of rotatable bonds is 3. The molecule has 0 aliphatic carbocycles. The molecule has 2 fully saturated rings. The number of alkyl halides is 3. The molecular weight excluding hydrogens is 247 g/mol. The first-order chi connectivity index (χ1) is 8.29. The number of nitrogens with zero attached hydrogens (tertiary/aromatic N) is 1. The SMILES string of the molecule is CN1C2COCC1CC(O)(CCCC(F)(F)F)C2. The molecule has 2 saturated heterocycles. The third kappa shape index (κ3) is 3.36. The lowest BCUT2D eigenvalue weighted by atomic mass is 9.78. The van der Waals surface area contributed by atoms with Crippen molar-refractivity contribution in [3.05, 3.63) is 0 Å². The summed E-state index contributed by atoms with van der Waals surface area (Å²) in [6, 6.07) is 0.266. The quantitative estimate of drug-likeness (QED) is 0.848. The molecule has 0 spiro atoms. The molecule has 106 valence electrons. The van der Waals surface area contributed by atoms with Gasteiger partial charge in [-0.25, -0.2) is 0 Å². The number of piperidine rings is 1. The van der Waals surface area contributed by atoms with Gasteiger partial charge < -0.3 is 9.84 Å². The molecule has 18 heavy (non-hydrogen) atoms. The molecular formula is C12H20F3NO2. The van der Waals surface area contributed by atoms with Crippen molar-refractivity contribution >= 4 is 0 Å². The average Bonchev–Trinajstić information content (AvgIpc) is 2.19. The van der Waals surface area contributed by atoms with Crippen LogP contribution in [0.2, 0.25) is 0 Å². The van der Waals surface area contributed by atoms with Gasteiger partial charge in [0.1, 0.15) is 0 Å². The Morgan fingerprint density at radius 3 is 2.33 bits per heavy atom. The lowest BCUT2D eigenvalue weighted by Crippen LogP contribution is -2.60. The van der Waals surface area contributed by atoms with E-state index in [0.717, 1.165) is 0 Å². The van der Waals surface area contributed by atoms with E-state index in [1.165, 1.54) is 0 Å². The lowest BCUT2D eigenvalue weighted by Gasteiger charge is -2.50. The first kappa shape index (κ1) is 14.1. The van der Waals surface area contributed by atoms with Crippen molar-refractivity contribution < 1.29 is 23.0 Å². The van der Waals surface area contributed by atoms with E-state index in [4.69, 9.17) is 4.74 Å². The van der Waals surface area contributed by atoms with Gasteiger partial charge in [-0.2, -0.15) is 13.2 Å². The van der Waals surface area contributed by atoms with Gasteiger partial charge >= 0.3 is 6.18 Å². The van der Waals surface area contributed by atoms with Crippen LogP contribution in [0.3, 0.4) is 0 Å². The first-order valence-corrected chi connectivity index (χ1v) is 6.38. The van der Waals surface area contributed by atoms with Gasteiger partial charge in [-0.1, -0.05) is 0 Å². The minimum absolute atomic E-state index is 0.00398. The molecule has 0 amide bonds. The summed E-state index contributed by atoms with van der Waals surface area (Å²) in [5.41, 5.74) is -0.948. The first-order valence-electron chi connectivity index (χ1n) is 6.38.